The van der Waals surface area contributed by atoms with Gasteiger partial charge in [0.15, 0.2) is 5.76 Å². The average Bonchev–Trinajstić information content (AvgIpc) is 2.83. The highest BCUT2D eigenvalue weighted by Gasteiger charge is 2.17. The molecule has 0 fully saturated rings. The Hall–Kier alpha value is -1.40. The van der Waals surface area contributed by atoms with Gasteiger partial charge in [-0.3, -0.25) is 4.79 Å². The van der Waals surface area contributed by atoms with Crippen LogP contribution < -0.4 is 0 Å². The number of furan rings is 1. The van der Waals surface area contributed by atoms with Crippen molar-refractivity contribution in [1.82, 2.24) is 0 Å². The van der Waals surface area contributed by atoms with E-state index >= 15 is 0 Å². The molecular weight excluding hydrogens is 394 g/mol. The van der Waals surface area contributed by atoms with Crippen molar-refractivity contribution in [2.24, 2.45) is 0 Å². The van der Waals surface area contributed by atoms with Gasteiger partial charge < -0.3 is 4.42 Å². The highest BCUT2D eigenvalue weighted by atomic mass is 127. The summed E-state index contributed by atoms with van der Waals surface area (Å²) >= 11 is 7.97. The van der Waals surface area contributed by atoms with Gasteiger partial charge in [0.05, 0.1) is 0 Å². The Morgan fingerprint density at radius 2 is 1.95 bits per heavy atom. The van der Waals surface area contributed by atoms with Crippen LogP contribution in [0.15, 0.2) is 46.9 Å². The molecule has 0 N–H and O–H groups in total. The van der Waals surface area contributed by atoms with Gasteiger partial charge in [0.1, 0.15) is 11.4 Å². The lowest BCUT2D eigenvalue weighted by Crippen LogP contribution is -2.02. The minimum atomic E-state index is -0.366. The first kappa shape index (κ1) is 13.6. The molecule has 1 heterocycles. The topological polar surface area (TPSA) is 30.2 Å². The van der Waals surface area contributed by atoms with Crippen molar-refractivity contribution >= 4 is 50.9 Å². The first-order valence-electron chi connectivity index (χ1n) is 5.73. The molecule has 0 amide bonds. The van der Waals surface area contributed by atoms with Crippen molar-refractivity contribution in [3.05, 3.63) is 68.2 Å². The van der Waals surface area contributed by atoms with E-state index in [1.54, 1.807) is 18.2 Å². The van der Waals surface area contributed by atoms with Crippen molar-refractivity contribution < 1.29 is 13.6 Å². The summed E-state index contributed by atoms with van der Waals surface area (Å²) in [6.07, 6.45) is 0. The zero-order valence-electron chi connectivity index (χ0n) is 9.99. The average molecular weight is 401 g/mol. The van der Waals surface area contributed by atoms with Crippen LogP contribution in [-0.2, 0) is 0 Å². The Bertz CT molecular complexity index is 826. The van der Waals surface area contributed by atoms with Gasteiger partial charge in [-0.2, -0.15) is 0 Å². The third-order valence-corrected chi connectivity index (χ3v) is 4.05. The molecule has 0 saturated heterocycles. The first-order valence-corrected chi connectivity index (χ1v) is 7.19. The Morgan fingerprint density at radius 3 is 2.75 bits per heavy atom. The molecule has 0 spiro atoms. The number of ketones is 1. The molecule has 3 aromatic rings. The largest absolute Gasteiger partial charge is 0.453 e. The van der Waals surface area contributed by atoms with Gasteiger partial charge in [-0.1, -0.05) is 11.6 Å². The van der Waals surface area contributed by atoms with E-state index in [0.717, 1.165) is 3.57 Å². The quantitative estimate of drug-likeness (QED) is 0.444. The van der Waals surface area contributed by atoms with Gasteiger partial charge >= 0.3 is 0 Å². The van der Waals surface area contributed by atoms with Crippen molar-refractivity contribution in [2.45, 2.75) is 0 Å². The van der Waals surface area contributed by atoms with Crippen molar-refractivity contribution in [3.8, 4) is 0 Å². The number of carbonyl (C=O) groups excluding carboxylic acids is 1. The van der Waals surface area contributed by atoms with Crippen LogP contribution in [0.5, 0.6) is 0 Å². The Morgan fingerprint density at radius 1 is 1.15 bits per heavy atom. The fourth-order valence-electron chi connectivity index (χ4n) is 1.93. The molecule has 0 aliphatic heterocycles. The summed E-state index contributed by atoms with van der Waals surface area (Å²) in [4.78, 5) is 12.4. The number of hydrogen-bond acceptors (Lipinski definition) is 2. The van der Waals surface area contributed by atoms with Crippen molar-refractivity contribution in [3.63, 3.8) is 0 Å². The van der Waals surface area contributed by atoms with Crippen LogP contribution >= 0.6 is 34.2 Å². The highest BCUT2D eigenvalue weighted by Crippen LogP contribution is 2.25. The van der Waals surface area contributed by atoms with Gasteiger partial charge in [0, 0.05) is 19.5 Å². The molecule has 2 nitrogen and oxygen atoms in total. The van der Waals surface area contributed by atoms with Crippen molar-refractivity contribution in [1.29, 1.82) is 0 Å². The summed E-state index contributed by atoms with van der Waals surface area (Å²) in [5.74, 6) is -0.464. The fraction of sp³-hybridized carbons (Fsp3) is 0. The molecule has 20 heavy (non-hydrogen) atoms. The van der Waals surface area contributed by atoms with E-state index in [0.29, 0.717) is 21.6 Å². The Balaban J connectivity index is 2.10. The third-order valence-electron chi connectivity index (χ3n) is 2.88. The number of halogens is 3. The lowest BCUT2D eigenvalue weighted by Gasteiger charge is -2.01. The highest BCUT2D eigenvalue weighted by molar-refractivity contribution is 14.1. The predicted octanol–water partition coefficient (Wildman–Crippen LogP) is 5.06. The molecule has 3 rings (SSSR count). The maximum Gasteiger partial charge on any atom is 0.229 e. The normalized spacial score (nSPS) is 10.9. The first-order chi connectivity index (χ1) is 9.54. The van der Waals surface area contributed by atoms with E-state index in [1.807, 2.05) is 0 Å². The molecule has 0 bridgehead atoms. The monoisotopic (exact) mass is 400 g/mol. The maximum atomic E-state index is 13.1. The zero-order valence-corrected chi connectivity index (χ0v) is 12.9. The smallest absolute Gasteiger partial charge is 0.229 e. The number of carbonyl (C=O) groups is 1. The third kappa shape index (κ3) is 2.45. The lowest BCUT2D eigenvalue weighted by atomic mass is 10.1. The van der Waals surface area contributed by atoms with E-state index in [1.165, 1.54) is 24.3 Å². The molecule has 5 heteroatoms. The van der Waals surface area contributed by atoms with Gasteiger partial charge in [-0.25, -0.2) is 4.39 Å². The van der Waals surface area contributed by atoms with Gasteiger partial charge in [0.25, 0.3) is 0 Å². The van der Waals surface area contributed by atoms with Crippen LogP contribution in [0.4, 0.5) is 4.39 Å². The molecule has 100 valence electrons. The minimum absolute atomic E-state index is 0.172. The summed E-state index contributed by atoms with van der Waals surface area (Å²) in [6, 6.07) is 10.7. The summed E-state index contributed by atoms with van der Waals surface area (Å²) in [5.41, 5.74) is 0.949. The number of fused-ring (bicyclic) bond motifs is 1. The van der Waals surface area contributed by atoms with Crippen LogP contribution in [0.3, 0.4) is 0 Å². The second kappa shape index (κ2) is 5.18. The summed E-state index contributed by atoms with van der Waals surface area (Å²) in [7, 11) is 0. The minimum Gasteiger partial charge on any atom is -0.453 e. The lowest BCUT2D eigenvalue weighted by molar-refractivity contribution is 0.101. The van der Waals surface area contributed by atoms with E-state index in [-0.39, 0.29) is 17.4 Å². The molecule has 0 radical (unpaired) electrons. The number of benzene rings is 2. The van der Waals surface area contributed by atoms with E-state index in [4.69, 9.17) is 16.0 Å². The molecule has 1 aromatic heterocycles. The van der Waals surface area contributed by atoms with Crippen LogP contribution in [0.2, 0.25) is 5.02 Å². The molecule has 0 aliphatic rings. The standard InChI is InChI=1S/C15H7ClFIO2/c16-9-1-3-12(18)11(7-9)15(19)14-6-8-5-10(17)2-4-13(8)20-14/h1-7H. The molecule has 0 saturated carbocycles. The van der Waals surface area contributed by atoms with Crippen molar-refractivity contribution in [2.75, 3.05) is 0 Å². The van der Waals surface area contributed by atoms with Crippen LogP contribution in [0.25, 0.3) is 11.0 Å². The molecular formula is C15H7ClFIO2. The molecule has 0 aliphatic carbocycles. The zero-order chi connectivity index (χ0) is 14.3. The molecule has 0 atom stereocenters. The Labute approximate surface area is 132 Å². The van der Waals surface area contributed by atoms with Crippen LogP contribution in [0, 0.1) is 9.39 Å². The molecule has 0 unspecified atom stereocenters. The number of hydrogen-bond donors (Lipinski definition) is 0. The summed E-state index contributed by atoms with van der Waals surface area (Å²) < 4.78 is 19.4. The Kier molecular flexibility index (Phi) is 3.52. The fourth-order valence-corrected chi connectivity index (χ4v) is 2.68. The van der Waals surface area contributed by atoms with E-state index < -0.39 is 0 Å². The van der Waals surface area contributed by atoms with E-state index in [9.17, 15) is 9.18 Å². The maximum absolute atomic E-state index is 13.1. The summed E-state index contributed by atoms with van der Waals surface area (Å²) in [5, 5.41) is 1.04. The van der Waals surface area contributed by atoms with Gasteiger partial charge in [-0.05, 0) is 65.1 Å². The molecule has 2 aromatic carbocycles. The van der Waals surface area contributed by atoms with E-state index in [2.05, 4.69) is 22.6 Å². The predicted molar refractivity (Wildman–Crippen MR) is 83.8 cm³/mol. The summed E-state index contributed by atoms with van der Waals surface area (Å²) in [6.45, 7) is 0. The second-order valence-electron chi connectivity index (χ2n) is 4.25. The SMILES string of the molecule is O=C(c1cc2cc(F)ccc2o1)c1cc(Cl)ccc1I. The second-order valence-corrected chi connectivity index (χ2v) is 5.84. The number of rotatable bonds is 2. The van der Waals surface area contributed by atoms with Gasteiger partial charge in [-0.15, -0.1) is 0 Å². The van der Waals surface area contributed by atoms with Gasteiger partial charge in [0.2, 0.25) is 5.78 Å². The van der Waals surface area contributed by atoms with Crippen LogP contribution in [-0.4, -0.2) is 5.78 Å². The van der Waals surface area contributed by atoms with Crippen LogP contribution in [0.1, 0.15) is 16.1 Å².